The molecule has 1 amide bonds. The van der Waals surface area contributed by atoms with Gasteiger partial charge in [0.15, 0.2) is 0 Å². The van der Waals surface area contributed by atoms with E-state index in [1.165, 1.54) is 0 Å². The molecule has 0 spiro atoms. The Bertz CT molecular complexity index is 560. The SMILES string of the molecule is O=C(NCc1cccnc1)c1cccc(I)c1Cl. The number of carbonyl (C=O) groups excluding carboxylic acids is 1. The Kier molecular flexibility index (Phi) is 4.54. The summed E-state index contributed by atoms with van der Waals surface area (Å²) in [6.45, 7) is 0.439. The molecule has 0 radical (unpaired) electrons. The number of carbonyl (C=O) groups is 1. The Balaban J connectivity index is 2.07. The van der Waals surface area contributed by atoms with Crippen LogP contribution in [-0.4, -0.2) is 10.9 Å². The summed E-state index contributed by atoms with van der Waals surface area (Å²) in [5, 5.41) is 3.30. The van der Waals surface area contributed by atoms with E-state index in [2.05, 4.69) is 32.9 Å². The van der Waals surface area contributed by atoms with Crippen molar-refractivity contribution in [2.24, 2.45) is 0 Å². The van der Waals surface area contributed by atoms with Crippen LogP contribution in [0.2, 0.25) is 5.02 Å². The molecule has 92 valence electrons. The van der Waals surface area contributed by atoms with Crippen LogP contribution in [0.25, 0.3) is 0 Å². The first kappa shape index (κ1) is 13.3. The maximum Gasteiger partial charge on any atom is 0.253 e. The van der Waals surface area contributed by atoms with Crippen molar-refractivity contribution in [3.63, 3.8) is 0 Å². The maximum absolute atomic E-state index is 12.0. The number of hydrogen-bond donors (Lipinski definition) is 1. The molecule has 0 unspecified atom stereocenters. The van der Waals surface area contributed by atoms with Gasteiger partial charge in [-0.15, -0.1) is 0 Å². The lowest BCUT2D eigenvalue weighted by molar-refractivity contribution is 0.0951. The van der Waals surface area contributed by atoms with Gasteiger partial charge in [-0.1, -0.05) is 23.7 Å². The fourth-order valence-electron chi connectivity index (χ4n) is 1.46. The molecular weight excluding hydrogens is 363 g/mol. The number of hydrogen-bond acceptors (Lipinski definition) is 2. The summed E-state index contributed by atoms with van der Waals surface area (Å²) in [5.74, 6) is -0.178. The number of amides is 1. The molecule has 2 rings (SSSR count). The van der Waals surface area contributed by atoms with E-state index in [0.29, 0.717) is 17.1 Å². The molecule has 0 aliphatic carbocycles. The van der Waals surface area contributed by atoms with Crippen LogP contribution in [0.5, 0.6) is 0 Å². The van der Waals surface area contributed by atoms with Crippen LogP contribution >= 0.6 is 34.2 Å². The van der Waals surface area contributed by atoms with Gasteiger partial charge in [0, 0.05) is 22.5 Å². The van der Waals surface area contributed by atoms with Crippen LogP contribution in [-0.2, 0) is 6.54 Å². The highest BCUT2D eigenvalue weighted by atomic mass is 127. The predicted octanol–water partition coefficient (Wildman–Crippen LogP) is 3.27. The van der Waals surface area contributed by atoms with E-state index >= 15 is 0 Å². The smallest absolute Gasteiger partial charge is 0.253 e. The maximum atomic E-state index is 12.0. The third-order valence-corrected chi connectivity index (χ3v) is 4.00. The molecule has 1 heterocycles. The van der Waals surface area contributed by atoms with Gasteiger partial charge in [0.05, 0.1) is 10.6 Å². The zero-order chi connectivity index (χ0) is 13.0. The lowest BCUT2D eigenvalue weighted by Crippen LogP contribution is -2.23. The van der Waals surface area contributed by atoms with Crippen LogP contribution in [0.15, 0.2) is 42.7 Å². The van der Waals surface area contributed by atoms with Gasteiger partial charge in [-0.3, -0.25) is 9.78 Å². The molecule has 0 aliphatic heterocycles. The summed E-state index contributed by atoms with van der Waals surface area (Å²) >= 11 is 8.19. The highest BCUT2D eigenvalue weighted by molar-refractivity contribution is 14.1. The van der Waals surface area contributed by atoms with Crippen molar-refractivity contribution in [3.05, 3.63) is 62.4 Å². The molecule has 0 bridgehead atoms. The summed E-state index contributed by atoms with van der Waals surface area (Å²) < 4.78 is 0.864. The fourth-order valence-corrected chi connectivity index (χ4v) is 2.17. The highest BCUT2D eigenvalue weighted by Crippen LogP contribution is 2.22. The second kappa shape index (κ2) is 6.15. The van der Waals surface area contributed by atoms with Crippen LogP contribution in [0.4, 0.5) is 0 Å². The summed E-state index contributed by atoms with van der Waals surface area (Å²) in [6, 6.07) is 9.13. The fraction of sp³-hybridized carbons (Fsp3) is 0.0769. The van der Waals surface area contributed by atoms with Crippen LogP contribution in [0.3, 0.4) is 0 Å². The Labute approximate surface area is 124 Å². The molecule has 1 aromatic heterocycles. The largest absolute Gasteiger partial charge is 0.348 e. The second-order valence-electron chi connectivity index (χ2n) is 3.65. The minimum Gasteiger partial charge on any atom is -0.348 e. The highest BCUT2D eigenvalue weighted by Gasteiger charge is 2.11. The van der Waals surface area contributed by atoms with Crippen LogP contribution in [0, 0.1) is 3.57 Å². The summed E-state index contributed by atoms with van der Waals surface area (Å²) in [6.07, 6.45) is 3.42. The van der Waals surface area contributed by atoms with Crippen molar-refractivity contribution >= 4 is 40.1 Å². The van der Waals surface area contributed by atoms with E-state index in [1.807, 2.05) is 24.3 Å². The Hall–Kier alpha value is -1.14. The van der Waals surface area contributed by atoms with Crippen molar-refractivity contribution in [1.82, 2.24) is 10.3 Å². The van der Waals surface area contributed by atoms with Gasteiger partial charge in [0.2, 0.25) is 0 Å². The monoisotopic (exact) mass is 372 g/mol. The minimum absolute atomic E-state index is 0.178. The molecule has 0 saturated carbocycles. The molecule has 3 nitrogen and oxygen atoms in total. The van der Waals surface area contributed by atoms with E-state index in [1.54, 1.807) is 18.5 Å². The molecule has 1 aromatic carbocycles. The van der Waals surface area contributed by atoms with E-state index in [0.717, 1.165) is 9.13 Å². The molecule has 5 heteroatoms. The molecule has 0 fully saturated rings. The molecule has 0 saturated heterocycles. The zero-order valence-electron chi connectivity index (χ0n) is 9.36. The number of halogens is 2. The number of nitrogens with one attached hydrogen (secondary N) is 1. The summed E-state index contributed by atoms with van der Waals surface area (Å²) in [7, 11) is 0. The Morgan fingerprint density at radius 2 is 2.17 bits per heavy atom. The molecular formula is C13H10ClIN2O. The number of benzene rings is 1. The van der Waals surface area contributed by atoms with Crippen molar-refractivity contribution < 1.29 is 4.79 Å². The molecule has 18 heavy (non-hydrogen) atoms. The lowest BCUT2D eigenvalue weighted by Gasteiger charge is -2.07. The van der Waals surface area contributed by atoms with Gasteiger partial charge < -0.3 is 5.32 Å². The number of pyridine rings is 1. The second-order valence-corrected chi connectivity index (χ2v) is 5.19. The lowest BCUT2D eigenvalue weighted by atomic mass is 10.2. The average Bonchev–Trinajstić information content (AvgIpc) is 2.40. The molecule has 2 aromatic rings. The summed E-state index contributed by atoms with van der Waals surface area (Å²) in [5.41, 5.74) is 1.44. The minimum atomic E-state index is -0.178. The van der Waals surface area contributed by atoms with Gasteiger partial charge in [0.1, 0.15) is 0 Å². The molecule has 1 N–H and O–H groups in total. The van der Waals surface area contributed by atoms with Crippen molar-refractivity contribution in [3.8, 4) is 0 Å². The quantitative estimate of drug-likeness (QED) is 0.840. The number of aromatic nitrogens is 1. The van der Waals surface area contributed by atoms with E-state index in [-0.39, 0.29) is 5.91 Å². The van der Waals surface area contributed by atoms with Crippen molar-refractivity contribution in [2.75, 3.05) is 0 Å². The van der Waals surface area contributed by atoms with E-state index < -0.39 is 0 Å². The van der Waals surface area contributed by atoms with Crippen LogP contribution in [0.1, 0.15) is 15.9 Å². The van der Waals surface area contributed by atoms with Gasteiger partial charge in [0.25, 0.3) is 5.91 Å². The Morgan fingerprint density at radius 1 is 1.33 bits per heavy atom. The normalized spacial score (nSPS) is 10.1. The number of nitrogens with zero attached hydrogens (tertiary/aromatic N) is 1. The van der Waals surface area contributed by atoms with E-state index in [9.17, 15) is 4.79 Å². The van der Waals surface area contributed by atoms with Gasteiger partial charge >= 0.3 is 0 Å². The third kappa shape index (κ3) is 3.20. The predicted molar refractivity (Wildman–Crippen MR) is 79.6 cm³/mol. The van der Waals surface area contributed by atoms with Crippen molar-refractivity contribution in [2.45, 2.75) is 6.54 Å². The summed E-state index contributed by atoms with van der Waals surface area (Å²) in [4.78, 5) is 16.0. The van der Waals surface area contributed by atoms with Gasteiger partial charge in [-0.25, -0.2) is 0 Å². The van der Waals surface area contributed by atoms with E-state index in [4.69, 9.17) is 11.6 Å². The molecule has 0 aliphatic rings. The molecule has 0 atom stereocenters. The zero-order valence-corrected chi connectivity index (χ0v) is 12.3. The standard InChI is InChI=1S/C13H10ClIN2O/c14-12-10(4-1-5-11(12)15)13(18)17-8-9-3-2-6-16-7-9/h1-7H,8H2,(H,17,18). The first-order valence-electron chi connectivity index (χ1n) is 5.29. The number of rotatable bonds is 3. The third-order valence-electron chi connectivity index (χ3n) is 2.37. The van der Waals surface area contributed by atoms with Gasteiger partial charge in [-0.2, -0.15) is 0 Å². The van der Waals surface area contributed by atoms with Crippen LogP contribution < -0.4 is 5.32 Å². The van der Waals surface area contributed by atoms with Gasteiger partial charge in [-0.05, 0) is 46.4 Å². The average molecular weight is 373 g/mol. The first-order valence-corrected chi connectivity index (χ1v) is 6.75. The topological polar surface area (TPSA) is 42.0 Å². The first-order chi connectivity index (χ1) is 8.68. The Morgan fingerprint density at radius 3 is 2.89 bits per heavy atom. The van der Waals surface area contributed by atoms with Crippen molar-refractivity contribution in [1.29, 1.82) is 0 Å².